The zero-order chi connectivity index (χ0) is 32.5. The van der Waals surface area contributed by atoms with Crippen molar-refractivity contribution in [2.45, 2.75) is 48.6 Å². The summed E-state index contributed by atoms with van der Waals surface area (Å²) in [7, 11) is -2.45. The maximum Gasteiger partial charge on any atom is 0.582 e. The van der Waals surface area contributed by atoms with Crippen molar-refractivity contribution in [3.8, 4) is 0 Å². The Balaban J connectivity index is 1.14. The van der Waals surface area contributed by atoms with Crippen molar-refractivity contribution in [1.82, 2.24) is 34.1 Å². The van der Waals surface area contributed by atoms with Crippen LogP contribution >= 0.6 is 26.2 Å². The normalized spacial score (nSPS) is 32.4. The van der Waals surface area contributed by atoms with E-state index in [2.05, 4.69) is 37.2 Å². The number of aliphatic hydroxyl groups is 2. The summed E-state index contributed by atoms with van der Waals surface area (Å²) in [5.41, 5.74) is 10.8. The molecule has 7 heterocycles. The van der Waals surface area contributed by atoms with Gasteiger partial charge in [-0.3, -0.25) is 23.4 Å². The number of nitrogens with two attached hydrogens (primary N) is 2. The number of aromatic nitrogens is 7. The van der Waals surface area contributed by atoms with Gasteiger partial charge in [-0.05, 0) is 22.4 Å². The lowest BCUT2D eigenvalue weighted by Gasteiger charge is -2.32. The molecule has 0 amide bonds. The van der Waals surface area contributed by atoms with Gasteiger partial charge in [-0.2, -0.15) is 4.98 Å². The monoisotopic (exact) mass is 718 g/mol. The Hall–Kier alpha value is -2.69. The van der Waals surface area contributed by atoms with Gasteiger partial charge in [-0.15, -0.1) is 4.52 Å². The molecule has 0 saturated carbocycles. The second kappa shape index (κ2) is 11.8. The van der Waals surface area contributed by atoms with Crippen LogP contribution in [0.5, 0.6) is 0 Å². The van der Waals surface area contributed by atoms with Gasteiger partial charge in [0.1, 0.15) is 42.2 Å². The number of thiol groups is 1. The second-order valence-corrected chi connectivity index (χ2v) is 15.1. The van der Waals surface area contributed by atoms with Crippen molar-refractivity contribution in [3.63, 3.8) is 0 Å². The minimum absolute atomic E-state index is 0.0136. The number of ether oxygens (including phenoxy) is 3. The third-order valence-corrected chi connectivity index (χ3v) is 10.1. The number of nitrogens with zero attached hydrogens (tertiary/aromatic N) is 6. The van der Waals surface area contributed by atoms with Crippen LogP contribution in [0.2, 0.25) is 0 Å². The fourth-order valence-electron chi connectivity index (χ4n) is 5.82. The molecule has 4 aromatic heterocycles. The summed E-state index contributed by atoms with van der Waals surface area (Å²) in [5.74, 6) is -0.210. The highest BCUT2D eigenvalue weighted by Gasteiger charge is 2.66. The maximum atomic E-state index is 12.3. The fraction of sp³-hybridized carbons (Fsp3) is 0.500. The Bertz CT molecular complexity index is 1950. The number of anilines is 2. The summed E-state index contributed by atoms with van der Waals surface area (Å²) in [4.78, 5) is 42.6. The Morgan fingerprint density at radius 3 is 2.70 bits per heavy atom. The van der Waals surface area contributed by atoms with Crippen LogP contribution in [-0.2, 0) is 44.2 Å². The zero-order valence-corrected chi connectivity index (χ0v) is 26.7. The molecule has 24 heteroatoms. The molecule has 10 atom stereocenters. The van der Waals surface area contributed by atoms with Crippen molar-refractivity contribution >= 4 is 72.0 Å². The lowest BCUT2D eigenvalue weighted by atomic mass is 10.0. The number of aromatic amines is 1. The van der Waals surface area contributed by atoms with E-state index in [4.69, 9.17) is 51.1 Å². The molecule has 46 heavy (non-hydrogen) atoms. The van der Waals surface area contributed by atoms with Gasteiger partial charge in [0.15, 0.2) is 41.0 Å². The molecule has 3 aliphatic heterocycles. The van der Waals surface area contributed by atoms with Crippen LogP contribution < -0.4 is 17.0 Å². The van der Waals surface area contributed by atoms with Crippen molar-refractivity contribution < 1.29 is 47.5 Å². The first-order valence-corrected chi connectivity index (χ1v) is 18.4. The third kappa shape index (κ3) is 5.32. The summed E-state index contributed by atoms with van der Waals surface area (Å²) < 4.78 is 50.2. The number of hydrogen-bond acceptors (Lipinski definition) is 17. The van der Waals surface area contributed by atoms with Crippen LogP contribution in [0.25, 0.3) is 22.3 Å². The van der Waals surface area contributed by atoms with Gasteiger partial charge in [-0.25, -0.2) is 15.0 Å². The molecule has 246 valence electrons. The molecule has 20 nitrogen and oxygen atoms in total. The summed E-state index contributed by atoms with van der Waals surface area (Å²) >= 11 is 9.21. The quantitative estimate of drug-likeness (QED) is 0.0783. The standard InChI is InChI=1S/C22H25N9O11P2S2/c23-8-1-2-25-16-10(8)26-6-30(16)20-14-15(41-43(35)45)22(40-20,4-37-14)5-38-44(36,46)42-13-12(33)9(3-32)39-19(13)31-7-27-11-17(31)28-21(24)29-18(11)34/h1-2,6-7,9,12-15,19-20,32-33H,3-5H2,(H6-,23,24,25,28,29,34,35,36,45,46)/p+1/t9-,12+,13?,14?,15-,19-,20-,22-,44?/m1/s1. The van der Waals surface area contributed by atoms with E-state index in [0.717, 1.165) is 0 Å². The number of hydrogen-bond donors (Lipinski definition) is 7. The number of rotatable bonds is 10. The van der Waals surface area contributed by atoms with Crippen LogP contribution in [0.1, 0.15) is 12.5 Å². The Morgan fingerprint density at radius 1 is 1.22 bits per heavy atom. The van der Waals surface area contributed by atoms with E-state index in [1.54, 1.807) is 10.6 Å². The number of aliphatic hydroxyl groups excluding tert-OH is 2. The van der Waals surface area contributed by atoms with Crippen LogP contribution in [0.15, 0.2) is 29.7 Å². The SMILES string of the molecule is Nc1nc2c(ncn2[C@@H]2O[C@H](CO)[C@H](O)C2OP(O)(=S)OC[C@@]23COC([C@H](n4cnc5c(N)ccnc54)O2)[C@H]3O[P+](=O)S)c(=O)[nH]1. The average Bonchev–Trinajstić information content (AvgIpc) is 3.81. The fourth-order valence-corrected chi connectivity index (χ4v) is 8.07. The van der Waals surface area contributed by atoms with Gasteiger partial charge in [0.25, 0.3) is 5.56 Å². The maximum absolute atomic E-state index is 12.3. The summed E-state index contributed by atoms with van der Waals surface area (Å²) in [5, 5.41) is 20.8. The number of pyridine rings is 1. The van der Waals surface area contributed by atoms with Crippen LogP contribution in [0.3, 0.4) is 0 Å². The van der Waals surface area contributed by atoms with Gasteiger partial charge in [0.05, 0.1) is 38.2 Å². The summed E-state index contributed by atoms with van der Waals surface area (Å²) in [6, 6.07) is 1.60. The van der Waals surface area contributed by atoms with Crippen molar-refractivity contribution in [2.24, 2.45) is 0 Å². The first-order valence-electron chi connectivity index (χ1n) is 13.4. The molecular formula is C22H26N9O11P2S2+. The summed E-state index contributed by atoms with van der Waals surface area (Å²) in [6.07, 6.45) is -3.98. The topological polar surface area (TPSA) is 279 Å². The lowest BCUT2D eigenvalue weighted by Crippen LogP contribution is -2.45. The van der Waals surface area contributed by atoms with Crippen LogP contribution in [0.4, 0.5) is 11.6 Å². The molecule has 8 N–H and O–H groups in total. The number of H-pyrrole nitrogens is 1. The predicted octanol–water partition coefficient (Wildman–Crippen LogP) is -0.763. The molecular weight excluding hydrogens is 692 g/mol. The van der Waals surface area contributed by atoms with Crippen LogP contribution in [0, 0.1) is 0 Å². The zero-order valence-electron chi connectivity index (χ0n) is 23.2. The molecule has 4 unspecified atom stereocenters. The van der Waals surface area contributed by atoms with Crippen LogP contribution in [-0.4, -0.2) is 105 Å². The van der Waals surface area contributed by atoms with Gasteiger partial charge in [-0.1, -0.05) is 0 Å². The molecule has 0 spiro atoms. The highest BCUT2D eigenvalue weighted by atomic mass is 32.7. The number of nitrogen functional groups attached to an aromatic ring is 2. The van der Waals surface area contributed by atoms with E-state index in [0.29, 0.717) is 16.9 Å². The molecule has 0 radical (unpaired) electrons. The minimum Gasteiger partial charge on any atom is -0.397 e. The highest BCUT2D eigenvalue weighted by molar-refractivity contribution is 8.39. The minimum atomic E-state index is -4.28. The van der Waals surface area contributed by atoms with E-state index >= 15 is 0 Å². The predicted molar refractivity (Wildman–Crippen MR) is 163 cm³/mol. The first kappa shape index (κ1) is 31.9. The van der Waals surface area contributed by atoms with Gasteiger partial charge in [0, 0.05) is 6.20 Å². The smallest absolute Gasteiger partial charge is 0.397 e. The van der Waals surface area contributed by atoms with E-state index < -0.39 is 81.3 Å². The molecule has 3 aliphatic rings. The number of fused-ring (bicyclic) bond motifs is 4. The van der Waals surface area contributed by atoms with E-state index in [1.165, 1.54) is 23.4 Å². The van der Waals surface area contributed by atoms with Gasteiger partial charge >= 0.3 is 13.9 Å². The Kier molecular flexibility index (Phi) is 8.16. The molecule has 0 aromatic carbocycles. The average molecular weight is 719 g/mol. The van der Waals surface area contributed by atoms with Gasteiger partial charge < -0.3 is 45.3 Å². The Morgan fingerprint density at radius 2 is 1.96 bits per heavy atom. The van der Waals surface area contributed by atoms with E-state index in [1.807, 2.05) is 0 Å². The van der Waals surface area contributed by atoms with E-state index in [-0.39, 0.29) is 23.7 Å². The third-order valence-electron chi connectivity index (χ3n) is 7.89. The largest absolute Gasteiger partial charge is 0.582 e. The lowest BCUT2D eigenvalue weighted by molar-refractivity contribution is -0.183. The molecule has 4 aromatic rings. The first-order chi connectivity index (χ1) is 21.9. The highest BCUT2D eigenvalue weighted by Crippen LogP contribution is 2.55. The van der Waals surface area contributed by atoms with Gasteiger partial charge in [0.2, 0.25) is 5.95 Å². The molecule has 3 saturated heterocycles. The molecule has 3 fully saturated rings. The van der Waals surface area contributed by atoms with Crippen molar-refractivity contribution in [1.29, 1.82) is 0 Å². The summed E-state index contributed by atoms with van der Waals surface area (Å²) in [6.45, 7) is -5.49. The van der Waals surface area contributed by atoms with Crippen molar-refractivity contribution in [2.75, 3.05) is 31.3 Å². The second-order valence-electron chi connectivity index (χ2n) is 10.7. The Labute approximate surface area is 268 Å². The molecule has 7 rings (SSSR count). The number of nitrogens with one attached hydrogen (secondary N) is 1. The molecule has 2 bridgehead atoms. The number of imidazole rings is 2. The van der Waals surface area contributed by atoms with E-state index in [9.17, 15) is 24.5 Å². The molecule has 0 aliphatic carbocycles. The van der Waals surface area contributed by atoms with Crippen molar-refractivity contribution in [3.05, 3.63) is 35.3 Å².